The first kappa shape index (κ1) is 14.4. The fourth-order valence-electron chi connectivity index (χ4n) is 1.47. The smallest absolute Gasteiger partial charge is 0.239 e. The van der Waals surface area contributed by atoms with E-state index in [1.807, 2.05) is 7.05 Å². The molecule has 1 aromatic rings. The largest absolute Gasteiger partial charge is 0.355 e. The fraction of sp³-hybridized carbons (Fsp3) is 0.615. The summed E-state index contributed by atoms with van der Waals surface area (Å²) < 4.78 is 0. The zero-order valence-corrected chi connectivity index (χ0v) is 11.4. The second-order valence-corrected chi connectivity index (χ2v) is 4.30. The molecule has 1 amide bonds. The number of aromatic nitrogens is 2. The summed E-state index contributed by atoms with van der Waals surface area (Å²) in [5.41, 5.74) is 1.10. The van der Waals surface area contributed by atoms with Gasteiger partial charge < -0.3 is 10.2 Å². The van der Waals surface area contributed by atoms with Crippen LogP contribution < -0.4 is 10.2 Å². The second-order valence-electron chi connectivity index (χ2n) is 4.30. The number of unbranched alkanes of at least 4 members (excludes halogenated alkanes) is 1. The van der Waals surface area contributed by atoms with Crippen LogP contribution in [0.3, 0.4) is 0 Å². The third kappa shape index (κ3) is 4.69. The number of carbonyl (C=O) groups excluding carboxylic acids is 1. The van der Waals surface area contributed by atoms with Crippen molar-refractivity contribution in [2.75, 3.05) is 25.0 Å². The van der Waals surface area contributed by atoms with E-state index in [1.54, 1.807) is 17.3 Å². The lowest BCUT2D eigenvalue weighted by atomic mass is 10.3. The predicted molar refractivity (Wildman–Crippen MR) is 72.6 cm³/mol. The van der Waals surface area contributed by atoms with Crippen LogP contribution in [-0.4, -0.2) is 36.0 Å². The number of hydrogen-bond donors (Lipinski definition) is 1. The highest BCUT2D eigenvalue weighted by Crippen LogP contribution is 2.04. The number of anilines is 1. The first-order valence-corrected chi connectivity index (χ1v) is 6.46. The van der Waals surface area contributed by atoms with Gasteiger partial charge in [-0.15, -0.1) is 0 Å². The summed E-state index contributed by atoms with van der Waals surface area (Å²) in [6, 6.07) is 0. The molecule has 5 nitrogen and oxygen atoms in total. The Morgan fingerprint density at radius 3 is 2.56 bits per heavy atom. The van der Waals surface area contributed by atoms with Crippen LogP contribution in [0.1, 0.15) is 32.3 Å². The first-order valence-electron chi connectivity index (χ1n) is 6.46. The topological polar surface area (TPSA) is 58.1 Å². The van der Waals surface area contributed by atoms with E-state index in [1.165, 1.54) is 0 Å². The van der Waals surface area contributed by atoms with E-state index in [-0.39, 0.29) is 12.5 Å². The molecule has 0 fully saturated rings. The van der Waals surface area contributed by atoms with Crippen molar-refractivity contribution in [1.82, 2.24) is 15.3 Å². The van der Waals surface area contributed by atoms with Crippen molar-refractivity contribution >= 4 is 11.9 Å². The van der Waals surface area contributed by atoms with Crippen LogP contribution in [0.2, 0.25) is 0 Å². The number of carbonyl (C=O) groups is 1. The van der Waals surface area contributed by atoms with Gasteiger partial charge in [0, 0.05) is 26.0 Å². The summed E-state index contributed by atoms with van der Waals surface area (Å²) >= 11 is 0. The summed E-state index contributed by atoms with van der Waals surface area (Å²) in [6.45, 7) is 5.18. The van der Waals surface area contributed by atoms with E-state index in [0.29, 0.717) is 5.95 Å². The molecule has 0 aliphatic heterocycles. The molecule has 0 bridgehead atoms. The molecule has 0 radical (unpaired) electrons. The maximum absolute atomic E-state index is 11.6. The second kappa shape index (κ2) is 7.63. The highest BCUT2D eigenvalue weighted by atomic mass is 16.2. The van der Waals surface area contributed by atoms with Crippen LogP contribution in [-0.2, 0) is 11.2 Å². The average molecular weight is 250 g/mol. The summed E-state index contributed by atoms with van der Waals surface area (Å²) in [5, 5.41) is 2.87. The number of nitrogens with one attached hydrogen (secondary N) is 1. The Bertz CT molecular complexity index is 364. The number of hydrogen-bond acceptors (Lipinski definition) is 4. The highest BCUT2D eigenvalue weighted by molar-refractivity contribution is 5.80. The van der Waals surface area contributed by atoms with Gasteiger partial charge in [0.2, 0.25) is 11.9 Å². The molecule has 0 unspecified atom stereocenters. The van der Waals surface area contributed by atoms with E-state index in [9.17, 15) is 4.79 Å². The van der Waals surface area contributed by atoms with Crippen LogP contribution in [0.5, 0.6) is 0 Å². The summed E-state index contributed by atoms with van der Waals surface area (Å²) in [4.78, 5) is 21.8. The molecule has 18 heavy (non-hydrogen) atoms. The third-order valence-corrected chi connectivity index (χ3v) is 2.67. The monoisotopic (exact) mass is 250 g/mol. The summed E-state index contributed by atoms with van der Waals surface area (Å²) in [5.74, 6) is 0.590. The molecule has 0 atom stereocenters. The Balaban J connectivity index is 2.43. The average Bonchev–Trinajstić information content (AvgIpc) is 2.39. The van der Waals surface area contributed by atoms with Gasteiger partial charge in [-0.05, 0) is 18.4 Å². The molecule has 0 aromatic carbocycles. The molecule has 0 spiro atoms. The van der Waals surface area contributed by atoms with Crippen molar-refractivity contribution in [3.63, 3.8) is 0 Å². The highest BCUT2D eigenvalue weighted by Gasteiger charge is 2.08. The van der Waals surface area contributed by atoms with Crippen molar-refractivity contribution in [3.05, 3.63) is 18.0 Å². The molecule has 1 heterocycles. The van der Waals surface area contributed by atoms with Crippen LogP contribution in [0.15, 0.2) is 12.4 Å². The van der Waals surface area contributed by atoms with Gasteiger partial charge in [-0.3, -0.25) is 4.79 Å². The van der Waals surface area contributed by atoms with Crippen LogP contribution in [0.25, 0.3) is 0 Å². The van der Waals surface area contributed by atoms with Crippen molar-refractivity contribution < 1.29 is 4.79 Å². The Morgan fingerprint density at radius 2 is 2.00 bits per heavy atom. The first-order chi connectivity index (χ1) is 8.67. The molecule has 0 saturated heterocycles. The standard InChI is InChI=1S/C13H22N4O/c1-4-6-7-14-12(18)10-17(3)13-15-8-11(5-2)9-16-13/h8-9H,4-7,10H2,1-3H3,(H,14,18). The van der Waals surface area contributed by atoms with E-state index in [4.69, 9.17) is 0 Å². The van der Waals surface area contributed by atoms with Crippen LogP contribution in [0.4, 0.5) is 5.95 Å². The molecule has 0 saturated carbocycles. The third-order valence-electron chi connectivity index (χ3n) is 2.67. The molecule has 1 rings (SSSR count). The number of aryl methyl sites for hydroxylation is 1. The molecule has 0 aliphatic rings. The minimum absolute atomic E-state index is 0.00844. The molecule has 0 aliphatic carbocycles. The molecule has 5 heteroatoms. The molecular weight excluding hydrogens is 228 g/mol. The number of likely N-dealkylation sites (N-methyl/N-ethyl adjacent to an activating group) is 1. The summed E-state index contributed by atoms with van der Waals surface area (Å²) in [7, 11) is 1.82. The molecule has 1 aromatic heterocycles. The van der Waals surface area contributed by atoms with Gasteiger partial charge in [-0.25, -0.2) is 9.97 Å². The van der Waals surface area contributed by atoms with Gasteiger partial charge in [0.15, 0.2) is 0 Å². The Morgan fingerprint density at radius 1 is 1.33 bits per heavy atom. The number of amides is 1. The Labute approximate surface area is 109 Å². The minimum atomic E-state index is 0.00844. The van der Waals surface area contributed by atoms with Crippen molar-refractivity contribution in [3.8, 4) is 0 Å². The van der Waals surface area contributed by atoms with E-state index in [0.717, 1.165) is 31.4 Å². The minimum Gasteiger partial charge on any atom is -0.355 e. The Kier molecular flexibility index (Phi) is 6.11. The van der Waals surface area contributed by atoms with E-state index in [2.05, 4.69) is 29.1 Å². The number of nitrogens with zero attached hydrogens (tertiary/aromatic N) is 3. The lowest BCUT2D eigenvalue weighted by Gasteiger charge is -2.16. The normalized spacial score (nSPS) is 10.2. The van der Waals surface area contributed by atoms with E-state index >= 15 is 0 Å². The van der Waals surface area contributed by atoms with E-state index < -0.39 is 0 Å². The van der Waals surface area contributed by atoms with Gasteiger partial charge in [0.05, 0.1) is 6.54 Å². The zero-order chi connectivity index (χ0) is 13.4. The van der Waals surface area contributed by atoms with Crippen LogP contribution in [0, 0.1) is 0 Å². The van der Waals surface area contributed by atoms with Gasteiger partial charge in [0.1, 0.15) is 0 Å². The molecule has 1 N–H and O–H groups in total. The maximum atomic E-state index is 11.6. The zero-order valence-electron chi connectivity index (χ0n) is 11.4. The van der Waals surface area contributed by atoms with Gasteiger partial charge >= 0.3 is 0 Å². The van der Waals surface area contributed by atoms with Crippen molar-refractivity contribution in [1.29, 1.82) is 0 Å². The molecular formula is C13H22N4O. The van der Waals surface area contributed by atoms with Crippen molar-refractivity contribution in [2.45, 2.75) is 33.1 Å². The summed E-state index contributed by atoms with van der Waals surface area (Å²) in [6.07, 6.45) is 6.61. The van der Waals surface area contributed by atoms with Crippen molar-refractivity contribution in [2.24, 2.45) is 0 Å². The Hall–Kier alpha value is -1.65. The van der Waals surface area contributed by atoms with Gasteiger partial charge in [0.25, 0.3) is 0 Å². The van der Waals surface area contributed by atoms with Crippen LogP contribution >= 0.6 is 0 Å². The molecule has 100 valence electrons. The maximum Gasteiger partial charge on any atom is 0.239 e. The van der Waals surface area contributed by atoms with Gasteiger partial charge in [-0.1, -0.05) is 20.3 Å². The lowest BCUT2D eigenvalue weighted by Crippen LogP contribution is -2.36. The fourth-order valence-corrected chi connectivity index (χ4v) is 1.47. The predicted octanol–water partition coefficient (Wildman–Crippen LogP) is 1.39. The lowest BCUT2D eigenvalue weighted by molar-refractivity contribution is -0.119. The number of rotatable bonds is 7. The SMILES string of the molecule is CCCCNC(=O)CN(C)c1ncc(CC)cn1. The quantitative estimate of drug-likeness (QED) is 0.743. The van der Waals surface area contributed by atoms with Gasteiger partial charge in [-0.2, -0.15) is 0 Å².